The molecule has 5 nitrogen and oxygen atoms in total. The summed E-state index contributed by atoms with van der Waals surface area (Å²) < 4.78 is 1.55. The van der Waals surface area contributed by atoms with E-state index in [1.54, 1.807) is 30.2 Å². The van der Waals surface area contributed by atoms with Gasteiger partial charge in [-0.05, 0) is 12.1 Å². The highest BCUT2D eigenvalue weighted by molar-refractivity contribution is 6.08. The van der Waals surface area contributed by atoms with Crippen LogP contribution in [0.3, 0.4) is 0 Å². The lowest BCUT2D eigenvalue weighted by atomic mass is 10.2. The van der Waals surface area contributed by atoms with Crippen LogP contribution in [-0.2, 0) is 7.05 Å². The highest BCUT2D eigenvalue weighted by Crippen LogP contribution is 2.22. The third-order valence-corrected chi connectivity index (χ3v) is 2.89. The number of anilines is 1. The van der Waals surface area contributed by atoms with Gasteiger partial charge in [0.2, 0.25) is 0 Å². The van der Waals surface area contributed by atoms with Gasteiger partial charge in [0, 0.05) is 30.3 Å². The lowest BCUT2D eigenvalue weighted by Gasteiger charge is -2.03. The molecule has 5 heteroatoms. The van der Waals surface area contributed by atoms with Crippen LogP contribution in [-0.4, -0.2) is 20.7 Å². The number of rotatable bonds is 2. The van der Waals surface area contributed by atoms with Crippen molar-refractivity contribution >= 4 is 22.5 Å². The third-order valence-electron chi connectivity index (χ3n) is 2.89. The zero-order valence-corrected chi connectivity index (χ0v) is 9.84. The van der Waals surface area contributed by atoms with Gasteiger partial charge in [0.15, 0.2) is 0 Å². The molecule has 0 radical (unpaired) electrons. The highest BCUT2D eigenvalue weighted by Gasteiger charge is 2.12. The Bertz CT molecular complexity index is 710. The Morgan fingerprint density at radius 2 is 2.17 bits per heavy atom. The van der Waals surface area contributed by atoms with Gasteiger partial charge in [0.05, 0.1) is 5.69 Å². The predicted octanol–water partition coefficient (Wildman–Crippen LogP) is 2.15. The number of amides is 1. The maximum Gasteiger partial charge on any atom is 0.273 e. The third kappa shape index (κ3) is 1.66. The van der Waals surface area contributed by atoms with Crippen molar-refractivity contribution in [2.75, 3.05) is 5.32 Å². The first-order chi connectivity index (χ1) is 8.75. The smallest absolute Gasteiger partial charge is 0.273 e. The topological polar surface area (TPSA) is 62.7 Å². The molecule has 0 spiro atoms. The Kier molecular flexibility index (Phi) is 2.37. The summed E-state index contributed by atoms with van der Waals surface area (Å²) in [5, 5.41) is 7.85. The average Bonchev–Trinajstić information content (AvgIpc) is 2.97. The van der Waals surface area contributed by atoms with Crippen molar-refractivity contribution in [2.45, 2.75) is 0 Å². The first kappa shape index (κ1) is 10.6. The predicted molar refractivity (Wildman–Crippen MR) is 69.5 cm³/mol. The van der Waals surface area contributed by atoms with Gasteiger partial charge in [0.1, 0.15) is 5.69 Å². The van der Waals surface area contributed by atoms with Gasteiger partial charge in [-0.3, -0.25) is 9.48 Å². The number of carbonyl (C=O) groups is 1. The molecule has 1 aromatic carbocycles. The number of H-pyrrole nitrogens is 1. The van der Waals surface area contributed by atoms with Gasteiger partial charge in [-0.25, -0.2) is 0 Å². The molecule has 2 aromatic heterocycles. The minimum Gasteiger partial charge on any atom is -0.359 e. The Morgan fingerprint density at radius 3 is 2.94 bits per heavy atom. The molecule has 0 unspecified atom stereocenters. The molecule has 2 N–H and O–H groups in total. The van der Waals surface area contributed by atoms with Crippen molar-refractivity contribution in [3.63, 3.8) is 0 Å². The number of nitrogens with one attached hydrogen (secondary N) is 2. The van der Waals surface area contributed by atoms with Crippen LogP contribution in [0.5, 0.6) is 0 Å². The number of aromatic nitrogens is 3. The fourth-order valence-corrected chi connectivity index (χ4v) is 1.96. The molecular weight excluding hydrogens is 228 g/mol. The van der Waals surface area contributed by atoms with Crippen LogP contribution < -0.4 is 5.32 Å². The Hall–Kier alpha value is -2.56. The minimum absolute atomic E-state index is 0.167. The molecular formula is C13H12N4O. The maximum atomic E-state index is 12.1. The lowest BCUT2D eigenvalue weighted by molar-refractivity contribution is 0.101. The second kappa shape index (κ2) is 4.03. The molecule has 0 saturated heterocycles. The van der Waals surface area contributed by atoms with E-state index in [-0.39, 0.29) is 5.91 Å². The van der Waals surface area contributed by atoms with Crippen molar-refractivity contribution in [2.24, 2.45) is 7.05 Å². The number of para-hydroxylation sites is 1. The fraction of sp³-hybridized carbons (Fsp3) is 0.0769. The zero-order chi connectivity index (χ0) is 12.5. The van der Waals surface area contributed by atoms with Crippen LogP contribution >= 0.6 is 0 Å². The number of hydrogen-bond donors (Lipinski definition) is 2. The largest absolute Gasteiger partial charge is 0.359 e. The maximum absolute atomic E-state index is 12.1. The summed E-state index contributed by atoms with van der Waals surface area (Å²) in [7, 11) is 1.74. The van der Waals surface area contributed by atoms with E-state index in [4.69, 9.17) is 0 Å². The van der Waals surface area contributed by atoms with Crippen molar-refractivity contribution in [1.29, 1.82) is 0 Å². The molecule has 3 aromatic rings. The lowest BCUT2D eigenvalue weighted by Crippen LogP contribution is -2.15. The van der Waals surface area contributed by atoms with E-state index in [0.29, 0.717) is 5.69 Å². The molecule has 0 aliphatic carbocycles. The Balaban J connectivity index is 1.93. The molecule has 90 valence electrons. The van der Waals surface area contributed by atoms with Crippen LogP contribution in [0, 0.1) is 0 Å². The van der Waals surface area contributed by atoms with Crippen molar-refractivity contribution < 1.29 is 4.79 Å². The number of fused-ring (bicyclic) bond motifs is 1. The summed E-state index contributed by atoms with van der Waals surface area (Å²) in [5.74, 6) is -0.167. The second-order valence-corrected chi connectivity index (χ2v) is 4.04. The van der Waals surface area contributed by atoms with E-state index in [9.17, 15) is 4.79 Å². The van der Waals surface area contributed by atoms with Crippen LogP contribution in [0.25, 0.3) is 10.9 Å². The zero-order valence-electron chi connectivity index (χ0n) is 9.84. The van der Waals surface area contributed by atoms with E-state index >= 15 is 0 Å². The van der Waals surface area contributed by atoms with Crippen LogP contribution in [0.4, 0.5) is 5.69 Å². The molecule has 0 aliphatic rings. The number of aromatic amines is 1. The molecule has 1 amide bonds. The first-order valence-electron chi connectivity index (χ1n) is 5.61. The standard InChI is InChI=1S/C13H12N4O/c1-17-12(6-7-15-17)13(18)16-11-8-14-10-5-3-2-4-9(10)11/h2-8,14H,1H3,(H,16,18). The Morgan fingerprint density at radius 1 is 1.33 bits per heavy atom. The fourth-order valence-electron chi connectivity index (χ4n) is 1.96. The number of benzene rings is 1. The summed E-state index contributed by atoms with van der Waals surface area (Å²) in [6.07, 6.45) is 3.39. The van der Waals surface area contributed by atoms with Crippen molar-refractivity contribution in [1.82, 2.24) is 14.8 Å². The summed E-state index contributed by atoms with van der Waals surface area (Å²) in [5.41, 5.74) is 2.30. The van der Waals surface area contributed by atoms with Gasteiger partial charge in [-0.1, -0.05) is 18.2 Å². The molecule has 0 saturated carbocycles. The number of nitrogens with zero attached hydrogens (tertiary/aromatic N) is 2. The molecule has 0 bridgehead atoms. The number of aryl methyl sites for hydroxylation is 1. The Labute approximate surface area is 103 Å². The summed E-state index contributed by atoms with van der Waals surface area (Å²) in [4.78, 5) is 15.2. The van der Waals surface area contributed by atoms with Crippen molar-refractivity contribution in [3.8, 4) is 0 Å². The highest BCUT2D eigenvalue weighted by atomic mass is 16.2. The molecule has 0 atom stereocenters. The van der Waals surface area contributed by atoms with E-state index in [1.807, 2.05) is 24.3 Å². The summed E-state index contributed by atoms with van der Waals surface area (Å²) >= 11 is 0. The van der Waals surface area contributed by atoms with Crippen LogP contribution in [0.15, 0.2) is 42.7 Å². The van der Waals surface area contributed by atoms with Gasteiger partial charge in [0.25, 0.3) is 5.91 Å². The van der Waals surface area contributed by atoms with Crippen LogP contribution in [0.1, 0.15) is 10.5 Å². The normalized spacial score (nSPS) is 10.7. The average molecular weight is 240 g/mol. The second-order valence-electron chi connectivity index (χ2n) is 4.04. The quantitative estimate of drug-likeness (QED) is 0.721. The number of hydrogen-bond acceptors (Lipinski definition) is 2. The first-order valence-corrected chi connectivity index (χ1v) is 5.61. The SMILES string of the molecule is Cn1nccc1C(=O)Nc1c[nH]c2ccccc12. The van der Waals surface area contributed by atoms with Gasteiger partial charge >= 0.3 is 0 Å². The molecule has 18 heavy (non-hydrogen) atoms. The van der Waals surface area contributed by atoms with E-state index in [2.05, 4.69) is 15.4 Å². The van der Waals surface area contributed by atoms with E-state index in [0.717, 1.165) is 16.6 Å². The van der Waals surface area contributed by atoms with Crippen molar-refractivity contribution in [3.05, 3.63) is 48.4 Å². The molecule has 0 fully saturated rings. The molecule has 3 rings (SSSR count). The summed E-state index contributed by atoms with van der Waals surface area (Å²) in [6, 6.07) is 9.51. The minimum atomic E-state index is -0.167. The van der Waals surface area contributed by atoms with Gasteiger partial charge in [-0.15, -0.1) is 0 Å². The van der Waals surface area contributed by atoms with E-state index < -0.39 is 0 Å². The monoisotopic (exact) mass is 240 g/mol. The number of carbonyl (C=O) groups excluding carboxylic acids is 1. The molecule has 0 aliphatic heterocycles. The van der Waals surface area contributed by atoms with Crippen LogP contribution in [0.2, 0.25) is 0 Å². The molecule has 2 heterocycles. The van der Waals surface area contributed by atoms with Gasteiger partial charge < -0.3 is 10.3 Å². The van der Waals surface area contributed by atoms with E-state index in [1.165, 1.54) is 0 Å². The summed E-state index contributed by atoms with van der Waals surface area (Å²) in [6.45, 7) is 0. The van der Waals surface area contributed by atoms with Gasteiger partial charge in [-0.2, -0.15) is 5.10 Å².